The molecule has 0 saturated carbocycles. The predicted molar refractivity (Wildman–Crippen MR) is 62.5 cm³/mol. The summed E-state index contributed by atoms with van der Waals surface area (Å²) in [5.41, 5.74) is 5.90. The number of nitrogens with two attached hydrogens (primary N) is 1. The number of rotatable bonds is 2. The zero-order valence-electron chi connectivity index (χ0n) is 10.8. The summed E-state index contributed by atoms with van der Waals surface area (Å²) in [5, 5.41) is 0. The summed E-state index contributed by atoms with van der Waals surface area (Å²) in [7, 11) is 0. The van der Waals surface area contributed by atoms with Gasteiger partial charge in [0, 0.05) is 24.4 Å². The number of hydrogen-bond acceptors (Lipinski definition) is 3. The Morgan fingerprint density at radius 1 is 1.19 bits per heavy atom. The van der Waals surface area contributed by atoms with E-state index in [9.17, 15) is 9.59 Å². The predicted octanol–water partition coefficient (Wildman–Crippen LogP) is 1.00. The van der Waals surface area contributed by atoms with Crippen LogP contribution in [0, 0.1) is 17.3 Å². The van der Waals surface area contributed by atoms with Crippen molar-refractivity contribution in [3.8, 4) is 0 Å². The largest absolute Gasteiger partial charge is 0.326 e. The molecule has 1 aliphatic heterocycles. The van der Waals surface area contributed by atoms with Crippen LogP contribution in [0.4, 0.5) is 0 Å². The van der Waals surface area contributed by atoms with Crippen LogP contribution in [0.5, 0.6) is 0 Å². The zero-order valence-corrected chi connectivity index (χ0v) is 10.8. The van der Waals surface area contributed by atoms with Gasteiger partial charge in [-0.2, -0.15) is 0 Å². The third-order valence-electron chi connectivity index (χ3n) is 3.55. The van der Waals surface area contributed by atoms with E-state index < -0.39 is 0 Å². The van der Waals surface area contributed by atoms with Crippen LogP contribution in [0.25, 0.3) is 0 Å². The van der Waals surface area contributed by atoms with Crippen molar-refractivity contribution in [1.29, 1.82) is 0 Å². The van der Waals surface area contributed by atoms with E-state index in [0.717, 1.165) is 0 Å². The lowest BCUT2D eigenvalue weighted by Gasteiger charge is -2.30. The van der Waals surface area contributed by atoms with Crippen molar-refractivity contribution in [2.24, 2.45) is 23.0 Å². The molecule has 0 aromatic heterocycles. The fourth-order valence-electron chi connectivity index (χ4n) is 1.68. The first-order chi connectivity index (χ1) is 7.16. The second-order valence-electron chi connectivity index (χ2n) is 5.84. The Bertz CT molecular complexity index is 287. The first-order valence-electron chi connectivity index (χ1n) is 5.77. The lowest BCUT2D eigenvalue weighted by Crippen LogP contribution is -2.47. The molecule has 3 unspecified atom stereocenters. The Kier molecular flexibility index (Phi) is 3.43. The van der Waals surface area contributed by atoms with Gasteiger partial charge in [0.15, 0.2) is 0 Å². The molecule has 0 radical (unpaired) electrons. The lowest BCUT2D eigenvalue weighted by atomic mass is 9.87. The van der Waals surface area contributed by atoms with Gasteiger partial charge in [-0.3, -0.25) is 14.5 Å². The SMILES string of the molecule is CC1C(=O)N(CC(N)C(C)(C)C)C(=O)C1C. The molecule has 0 bridgehead atoms. The normalized spacial score (nSPS) is 28.8. The summed E-state index contributed by atoms with van der Waals surface area (Å²) in [6, 6.07) is -0.183. The van der Waals surface area contributed by atoms with Gasteiger partial charge in [0.25, 0.3) is 0 Å². The quantitative estimate of drug-likeness (QED) is 0.714. The Labute approximate surface area is 97.2 Å². The van der Waals surface area contributed by atoms with E-state index in [1.165, 1.54) is 4.90 Å². The molecule has 16 heavy (non-hydrogen) atoms. The number of imide groups is 1. The van der Waals surface area contributed by atoms with Gasteiger partial charge in [-0.05, 0) is 5.41 Å². The number of likely N-dealkylation sites (tertiary alicyclic amines) is 1. The van der Waals surface area contributed by atoms with Crippen LogP contribution in [0.1, 0.15) is 34.6 Å². The van der Waals surface area contributed by atoms with Gasteiger partial charge in [0.1, 0.15) is 0 Å². The van der Waals surface area contributed by atoms with E-state index in [4.69, 9.17) is 5.73 Å². The molecular formula is C12H22N2O2. The van der Waals surface area contributed by atoms with Crippen LogP contribution in [0.3, 0.4) is 0 Å². The van der Waals surface area contributed by atoms with Crippen molar-refractivity contribution in [1.82, 2.24) is 4.90 Å². The monoisotopic (exact) mass is 226 g/mol. The maximum atomic E-state index is 11.8. The minimum atomic E-state index is -0.209. The van der Waals surface area contributed by atoms with E-state index in [2.05, 4.69) is 0 Å². The fourth-order valence-corrected chi connectivity index (χ4v) is 1.68. The zero-order chi connectivity index (χ0) is 12.7. The molecule has 92 valence electrons. The van der Waals surface area contributed by atoms with Crippen LogP contribution in [0.15, 0.2) is 0 Å². The second kappa shape index (κ2) is 4.17. The molecule has 2 N–H and O–H groups in total. The molecule has 1 saturated heterocycles. The van der Waals surface area contributed by atoms with Crippen LogP contribution in [-0.4, -0.2) is 29.3 Å². The summed E-state index contributed by atoms with van der Waals surface area (Å²) in [6.45, 7) is 9.96. The van der Waals surface area contributed by atoms with Gasteiger partial charge in [-0.1, -0.05) is 34.6 Å². The van der Waals surface area contributed by atoms with Gasteiger partial charge in [-0.15, -0.1) is 0 Å². The van der Waals surface area contributed by atoms with E-state index in [0.29, 0.717) is 6.54 Å². The third-order valence-corrected chi connectivity index (χ3v) is 3.55. The highest BCUT2D eigenvalue weighted by molar-refractivity contribution is 6.04. The number of nitrogens with zero attached hydrogens (tertiary/aromatic N) is 1. The molecule has 1 aliphatic rings. The van der Waals surface area contributed by atoms with Crippen molar-refractivity contribution < 1.29 is 9.59 Å². The topological polar surface area (TPSA) is 63.4 Å². The molecule has 0 aromatic rings. The van der Waals surface area contributed by atoms with E-state index in [-0.39, 0.29) is 35.1 Å². The second-order valence-corrected chi connectivity index (χ2v) is 5.84. The van der Waals surface area contributed by atoms with Gasteiger partial charge in [0.05, 0.1) is 0 Å². The van der Waals surface area contributed by atoms with Crippen LogP contribution in [0.2, 0.25) is 0 Å². The average Bonchev–Trinajstić information content (AvgIpc) is 2.34. The third kappa shape index (κ3) is 2.26. The molecular weight excluding hydrogens is 204 g/mol. The molecule has 1 rings (SSSR count). The summed E-state index contributed by atoms with van der Waals surface area (Å²) in [4.78, 5) is 25.0. The Hall–Kier alpha value is -0.900. The fraction of sp³-hybridized carbons (Fsp3) is 0.833. The summed E-state index contributed by atoms with van der Waals surface area (Å²) < 4.78 is 0. The highest BCUT2D eigenvalue weighted by Gasteiger charge is 2.43. The number of carbonyl (C=O) groups is 2. The van der Waals surface area contributed by atoms with Gasteiger partial charge in [-0.25, -0.2) is 0 Å². The molecule has 1 fully saturated rings. The van der Waals surface area contributed by atoms with Crippen molar-refractivity contribution >= 4 is 11.8 Å². The maximum absolute atomic E-state index is 11.8. The minimum Gasteiger partial charge on any atom is -0.326 e. The molecule has 0 aromatic carbocycles. The van der Waals surface area contributed by atoms with Gasteiger partial charge < -0.3 is 5.73 Å². The summed E-state index contributed by atoms with van der Waals surface area (Å²) in [6.07, 6.45) is 0. The summed E-state index contributed by atoms with van der Waals surface area (Å²) in [5.74, 6) is -0.589. The summed E-state index contributed by atoms with van der Waals surface area (Å²) >= 11 is 0. The van der Waals surface area contributed by atoms with Gasteiger partial charge >= 0.3 is 0 Å². The highest BCUT2D eigenvalue weighted by Crippen LogP contribution is 2.27. The molecule has 0 spiro atoms. The first kappa shape index (κ1) is 13.2. The Balaban J connectivity index is 2.76. The van der Waals surface area contributed by atoms with Crippen LogP contribution < -0.4 is 5.73 Å². The van der Waals surface area contributed by atoms with E-state index in [1.54, 1.807) is 13.8 Å². The first-order valence-corrected chi connectivity index (χ1v) is 5.77. The molecule has 4 heteroatoms. The molecule has 1 heterocycles. The standard InChI is InChI=1S/C12H22N2O2/c1-7-8(2)11(16)14(10(7)15)6-9(13)12(3,4)5/h7-9H,6,13H2,1-5H3. The smallest absolute Gasteiger partial charge is 0.232 e. The van der Waals surface area contributed by atoms with Crippen molar-refractivity contribution in [3.63, 3.8) is 0 Å². The van der Waals surface area contributed by atoms with Crippen molar-refractivity contribution in [2.75, 3.05) is 6.54 Å². The van der Waals surface area contributed by atoms with Crippen molar-refractivity contribution in [3.05, 3.63) is 0 Å². The lowest BCUT2D eigenvalue weighted by molar-refractivity contribution is -0.140. The minimum absolute atomic E-state index is 0.0859. The Morgan fingerprint density at radius 2 is 1.56 bits per heavy atom. The number of amides is 2. The van der Waals surface area contributed by atoms with Gasteiger partial charge in [0.2, 0.25) is 11.8 Å². The highest BCUT2D eigenvalue weighted by atomic mass is 16.2. The number of hydrogen-bond donors (Lipinski definition) is 1. The van der Waals surface area contributed by atoms with Crippen molar-refractivity contribution in [2.45, 2.75) is 40.7 Å². The molecule has 0 aliphatic carbocycles. The maximum Gasteiger partial charge on any atom is 0.232 e. The molecule has 4 nitrogen and oxygen atoms in total. The Morgan fingerprint density at radius 3 is 1.88 bits per heavy atom. The van der Waals surface area contributed by atoms with E-state index >= 15 is 0 Å². The molecule has 3 atom stereocenters. The number of carbonyl (C=O) groups excluding carboxylic acids is 2. The average molecular weight is 226 g/mol. The molecule has 2 amide bonds. The van der Waals surface area contributed by atoms with Crippen LogP contribution in [-0.2, 0) is 9.59 Å². The van der Waals surface area contributed by atoms with E-state index in [1.807, 2.05) is 20.8 Å². The van der Waals surface area contributed by atoms with Crippen LogP contribution >= 0.6 is 0 Å².